The molecule has 2 heterocycles. The second kappa shape index (κ2) is 6.70. The highest BCUT2D eigenvalue weighted by atomic mass is 35.5. The molecule has 2 fully saturated rings. The van der Waals surface area contributed by atoms with Crippen LogP contribution in [0.1, 0.15) is 42.6 Å². The summed E-state index contributed by atoms with van der Waals surface area (Å²) in [5, 5.41) is 7.70. The second-order valence-corrected chi connectivity index (χ2v) is 7.18. The zero-order valence-corrected chi connectivity index (χ0v) is 15.1. The molecule has 0 unspecified atom stereocenters. The Morgan fingerprint density at radius 2 is 2.00 bits per heavy atom. The number of amides is 4. The summed E-state index contributed by atoms with van der Waals surface area (Å²) in [5.41, 5.74) is 2.03. The van der Waals surface area contributed by atoms with Crippen LogP contribution in [0.25, 0.3) is 11.3 Å². The zero-order valence-electron chi connectivity index (χ0n) is 14.3. The van der Waals surface area contributed by atoms with E-state index in [0.29, 0.717) is 29.2 Å². The standard InChI is InChI=1S/C18H17ClN4O4/c19-12-6-4-5-11(9-12)14-10-13(22-27-14)15(24)21-23-16(25)18(20-17(23)26)7-2-1-3-8-18/h4-6,9-10H,1-3,7-8H2,(H,20,26)(H,21,24). The lowest BCUT2D eigenvalue weighted by Crippen LogP contribution is -2.51. The Labute approximate surface area is 159 Å². The molecule has 1 saturated carbocycles. The normalized spacial score (nSPS) is 18.6. The van der Waals surface area contributed by atoms with Crippen LogP contribution in [0.2, 0.25) is 5.02 Å². The largest absolute Gasteiger partial charge is 0.355 e. The number of hydrazine groups is 1. The third-order valence-electron chi connectivity index (χ3n) is 4.93. The van der Waals surface area contributed by atoms with Crippen LogP contribution in [-0.2, 0) is 4.79 Å². The predicted octanol–water partition coefficient (Wildman–Crippen LogP) is 2.89. The molecule has 8 nitrogen and oxygen atoms in total. The molecule has 4 amide bonds. The van der Waals surface area contributed by atoms with E-state index in [9.17, 15) is 14.4 Å². The molecule has 27 heavy (non-hydrogen) atoms. The van der Waals surface area contributed by atoms with E-state index in [-0.39, 0.29) is 5.69 Å². The Balaban J connectivity index is 1.50. The summed E-state index contributed by atoms with van der Waals surface area (Å²) in [5.74, 6) is -0.786. The van der Waals surface area contributed by atoms with Gasteiger partial charge in [-0.2, -0.15) is 5.01 Å². The molecule has 2 aliphatic rings. The number of aromatic nitrogens is 1. The predicted molar refractivity (Wildman–Crippen MR) is 95.6 cm³/mol. The molecule has 0 bridgehead atoms. The van der Waals surface area contributed by atoms with Crippen molar-refractivity contribution in [3.05, 3.63) is 41.0 Å². The molecule has 1 aliphatic carbocycles. The van der Waals surface area contributed by atoms with Gasteiger partial charge in [-0.1, -0.05) is 48.2 Å². The van der Waals surface area contributed by atoms with Gasteiger partial charge in [-0.25, -0.2) is 4.79 Å². The number of hydrogen-bond acceptors (Lipinski definition) is 5. The minimum Gasteiger partial charge on any atom is -0.355 e. The molecule has 1 aliphatic heterocycles. The highest BCUT2D eigenvalue weighted by Crippen LogP contribution is 2.33. The SMILES string of the molecule is O=C(NN1C(=O)NC2(CCCCC2)C1=O)c1cc(-c2cccc(Cl)c2)on1. The van der Waals surface area contributed by atoms with Gasteiger partial charge in [0.25, 0.3) is 11.8 Å². The van der Waals surface area contributed by atoms with Gasteiger partial charge in [0.2, 0.25) is 0 Å². The van der Waals surface area contributed by atoms with Crippen molar-refractivity contribution < 1.29 is 18.9 Å². The molecule has 1 spiro atoms. The maximum atomic E-state index is 12.7. The third-order valence-corrected chi connectivity index (χ3v) is 5.17. The van der Waals surface area contributed by atoms with Crippen LogP contribution in [0, 0.1) is 0 Å². The second-order valence-electron chi connectivity index (χ2n) is 6.74. The van der Waals surface area contributed by atoms with Gasteiger partial charge in [0.15, 0.2) is 11.5 Å². The number of nitrogens with one attached hydrogen (secondary N) is 2. The smallest absolute Gasteiger partial charge is 0.344 e. The Morgan fingerprint density at radius 1 is 1.22 bits per heavy atom. The van der Waals surface area contributed by atoms with E-state index >= 15 is 0 Å². The van der Waals surface area contributed by atoms with Crippen LogP contribution in [-0.4, -0.2) is 33.5 Å². The van der Waals surface area contributed by atoms with Crippen molar-refractivity contribution in [3.63, 3.8) is 0 Å². The van der Waals surface area contributed by atoms with Crippen molar-refractivity contribution in [1.82, 2.24) is 20.9 Å². The summed E-state index contributed by atoms with van der Waals surface area (Å²) in [6.45, 7) is 0. The van der Waals surface area contributed by atoms with Gasteiger partial charge in [-0.15, -0.1) is 0 Å². The maximum Gasteiger partial charge on any atom is 0.344 e. The van der Waals surface area contributed by atoms with Gasteiger partial charge in [0.1, 0.15) is 5.54 Å². The summed E-state index contributed by atoms with van der Waals surface area (Å²) in [6, 6.07) is 7.70. The van der Waals surface area contributed by atoms with Gasteiger partial charge in [0, 0.05) is 16.7 Å². The van der Waals surface area contributed by atoms with Gasteiger partial charge in [0.05, 0.1) is 0 Å². The molecule has 9 heteroatoms. The lowest BCUT2D eigenvalue weighted by atomic mass is 9.82. The lowest BCUT2D eigenvalue weighted by Gasteiger charge is -2.30. The van der Waals surface area contributed by atoms with Crippen molar-refractivity contribution in [2.24, 2.45) is 0 Å². The van der Waals surface area contributed by atoms with Crippen LogP contribution >= 0.6 is 11.6 Å². The fourth-order valence-corrected chi connectivity index (χ4v) is 3.73. The molecule has 1 saturated heterocycles. The highest BCUT2D eigenvalue weighted by molar-refractivity contribution is 6.30. The Hall–Kier alpha value is -2.87. The number of urea groups is 1. The number of rotatable bonds is 3. The van der Waals surface area contributed by atoms with Gasteiger partial charge in [-0.3, -0.25) is 15.0 Å². The topological polar surface area (TPSA) is 105 Å². The molecule has 0 atom stereocenters. The Kier molecular flexibility index (Phi) is 4.35. The number of carbonyl (C=O) groups is 3. The quantitative estimate of drug-likeness (QED) is 0.786. The van der Waals surface area contributed by atoms with Gasteiger partial charge in [-0.05, 0) is 25.0 Å². The first-order chi connectivity index (χ1) is 13.0. The van der Waals surface area contributed by atoms with Crippen LogP contribution < -0.4 is 10.7 Å². The summed E-state index contributed by atoms with van der Waals surface area (Å²) in [6.07, 6.45) is 3.91. The first-order valence-electron chi connectivity index (χ1n) is 8.69. The molecule has 0 radical (unpaired) electrons. The number of benzene rings is 1. The van der Waals surface area contributed by atoms with Crippen LogP contribution in [0.3, 0.4) is 0 Å². The molecular formula is C18H17ClN4O4. The van der Waals surface area contributed by atoms with E-state index in [1.54, 1.807) is 24.3 Å². The summed E-state index contributed by atoms with van der Waals surface area (Å²) in [4.78, 5) is 37.3. The molecular weight excluding hydrogens is 372 g/mol. The summed E-state index contributed by atoms with van der Waals surface area (Å²) >= 11 is 5.95. The number of nitrogens with zero attached hydrogens (tertiary/aromatic N) is 2. The minimum absolute atomic E-state index is 0.0461. The number of imide groups is 1. The van der Waals surface area contributed by atoms with Crippen molar-refractivity contribution in [2.45, 2.75) is 37.6 Å². The van der Waals surface area contributed by atoms with E-state index in [0.717, 1.165) is 24.3 Å². The Bertz CT molecular complexity index is 920. The van der Waals surface area contributed by atoms with Crippen LogP contribution in [0.15, 0.2) is 34.9 Å². The highest BCUT2D eigenvalue weighted by Gasteiger charge is 2.52. The monoisotopic (exact) mass is 388 g/mol. The van der Waals surface area contributed by atoms with Gasteiger partial charge >= 0.3 is 6.03 Å². The van der Waals surface area contributed by atoms with Crippen molar-refractivity contribution in [3.8, 4) is 11.3 Å². The first kappa shape index (κ1) is 17.5. The number of hydrogen-bond donors (Lipinski definition) is 2. The van der Waals surface area contributed by atoms with Crippen molar-refractivity contribution in [1.29, 1.82) is 0 Å². The third kappa shape index (κ3) is 3.16. The lowest BCUT2D eigenvalue weighted by molar-refractivity contribution is -0.134. The molecule has 2 N–H and O–H groups in total. The van der Waals surface area contributed by atoms with E-state index < -0.39 is 23.4 Å². The van der Waals surface area contributed by atoms with E-state index in [2.05, 4.69) is 15.9 Å². The minimum atomic E-state index is -0.904. The maximum absolute atomic E-state index is 12.7. The average molecular weight is 389 g/mol. The summed E-state index contributed by atoms with van der Waals surface area (Å²) < 4.78 is 5.18. The van der Waals surface area contributed by atoms with Crippen molar-refractivity contribution >= 4 is 29.4 Å². The Morgan fingerprint density at radius 3 is 2.74 bits per heavy atom. The van der Waals surface area contributed by atoms with Gasteiger partial charge < -0.3 is 9.84 Å². The molecule has 4 rings (SSSR count). The fourth-order valence-electron chi connectivity index (χ4n) is 3.53. The average Bonchev–Trinajstić information content (AvgIpc) is 3.23. The number of halogens is 1. The van der Waals surface area contributed by atoms with Crippen molar-refractivity contribution in [2.75, 3.05) is 0 Å². The van der Waals surface area contributed by atoms with E-state index in [4.69, 9.17) is 16.1 Å². The number of carbonyl (C=O) groups excluding carboxylic acids is 3. The van der Waals surface area contributed by atoms with E-state index in [1.165, 1.54) is 6.07 Å². The molecule has 140 valence electrons. The van der Waals surface area contributed by atoms with E-state index in [1.807, 2.05) is 0 Å². The van der Waals surface area contributed by atoms with Crippen LogP contribution in [0.5, 0.6) is 0 Å². The zero-order chi connectivity index (χ0) is 19.0. The fraction of sp³-hybridized carbons (Fsp3) is 0.333. The van der Waals surface area contributed by atoms with Crippen LogP contribution in [0.4, 0.5) is 4.79 Å². The summed E-state index contributed by atoms with van der Waals surface area (Å²) in [7, 11) is 0. The molecule has 2 aromatic rings. The first-order valence-corrected chi connectivity index (χ1v) is 9.07. The molecule has 1 aromatic heterocycles. The molecule has 1 aromatic carbocycles.